The first kappa shape index (κ1) is 10.5. The van der Waals surface area contributed by atoms with Crippen molar-refractivity contribution < 1.29 is 13.2 Å². The molecule has 0 bridgehead atoms. The third kappa shape index (κ3) is 3.31. The Morgan fingerprint density at radius 2 is 2.08 bits per heavy atom. The van der Waals surface area contributed by atoms with Gasteiger partial charge in [-0.25, -0.2) is 8.42 Å². The van der Waals surface area contributed by atoms with Gasteiger partial charge in [-0.1, -0.05) is 0 Å². The number of sulfone groups is 1. The highest BCUT2D eigenvalue weighted by atomic mass is 32.2. The van der Waals surface area contributed by atoms with Gasteiger partial charge in [-0.15, -0.1) is 0 Å². The van der Waals surface area contributed by atoms with Crippen LogP contribution < -0.4 is 5.73 Å². The minimum absolute atomic E-state index is 0.0715. The van der Waals surface area contributed by atoms with Gasteiger partial charge in [0.25, 0.3) is 0 Å². The summed E-state index contributed by atoms with van der Waals surface area (Å²) >= 11 is 0. The van der Waals surface area contributed by atoms with Crippen LogP contribution in [0.2, 0.25) is 0 Å². The fraction of sp³-hybridized carbons (Fsp3) is 0.857. The van der Waals surface area contributed by atoms with Crippen molar-refractivity contribution in [3.8, 4) is 0 Å². The Balaban J connectivity index is 2.27. The van der Waals surface area contributed by atoms with E-state index in [1.165, 1.54) is 0 Å². The molecule has 0 saturated carbocycles. The number of hydrogen-bond donors (Lipinski definition) is 1. The molecule has 1 rings (SSSR count). The van der Waals surface area contributed by atoms with Gasteiger partial charge in [-0.05, 0) is 0 Å². The summed E-state index contributed by atoms with van der Waals surface area (Å²) in [7, 11) is -3.03. The largest absolute Gasteiger partial charge is 0.339 e. The van der Waals surface area contributed by atoms with Crippen molar-refractivity contribution in [3.05, 3.63) is 0 Å². The lowest BCUT2D eigenvalue weighted by molar-refractivity contribution is -0.135. The Hall–Kier alpha value is -0.620. The van der Waals surface area contributed by atoms with Crippen LogP contribution in [-0.4, -0.2) is 50.4 Å². The van der Waals surface area contributed by atoms with Crippen molar-refractivity contribution in [2.24, 2.45) is 5.73 Å². The number of nitrogens with zero attached hydrogens (tertiary/aromatic N) is 1. The van der Waals surface area contributed by atoms with Gasteiger partial charge < -0.3 is 10.6 Å². The zero-order valence-corrected chi connectivity index (χ0v) is 8.38. The molecular formula is C7H14N2O3S. The molecule has 0 spiro atoms. The zero-order chi connectivity index (χ0) is 10.1. The molecule has 0 aromatic rings. The Morgan fingerprint density at radius 1 is 1.54 bits per heavy atom. The van der Waals surface area contributed by atoms with Crippen molar-refractivity contribution in [1.29, 1.82) is 0 Å². The second kappa shape index (κ2) is 3.63. The maximum absolute atomic E-state index is 11.2. The number of carbonyl (C=O) groups is 1. The molecule has 0 unspecified atom stereocenters. The van der Waals surface area contributed by atoms with E-state index < -0.39 is 9.84 Å². The van der Waals surface area contributed by atoms with Gasteiger partial charge in [0.05, 0.1) is 5.75 Å². The predicted octanol–water partition coefficient (Wildman–Crippen LogP) is -1.41. The van der Waals surface area contributed by atoms with E-state index in [4.69, 9.17) is 5.73 Å². The van der Waals surface area contributed by atoms with E-state index in [0.717, 1.165) is 6.26 Å². The molecular weight excluding hydrogens is 192 g/mol. The van der Waals surface area contributed by atoms with Crippen LogP contribution in [0.4, 0.5) is 0 Å². The van der Waals surface area contributed by atoms with Crippen LogP contribution in [0.15, 0.2) is 0 Å². The molecule has 2 N–H and O–H groups in total. The van der Waals surface area contributed by atoms with Crippen molar-refractivity contribution in [3.63, 3.8) is 0 Å². The summed E-state index contributed by atoms with van der Waals surface area (Å²) in [5.41, 5.74) is 5.48. The van der Waals surface area contributed by atoms with Gasteiger partial charge in [0.1, 0.15) is 9.84 Å². The number of carbonyl (C=O) groups excluding carboxylic acids is 1. The van der Waals surface area contributed by atoms with Gasteiger partial charge in [0, 0.05) is 31.8 Å². The number of nitrogens with two attached hydrogens (primary N) is 1. The molecule has 13 heavy (non-hydrogen) atoms. The standard InChI is InChI=1S/C7H14N2O3S/c1-13(11,12)3-2-7(10)9-4-6(8)5-9/h6H,2-5,8H2,1H3. The molecule has 1 aliphatic rings. The third-order valence-corrected chi connectivity index (χ3v) is 2.89. The van der Waals surface area contributed by atoms with Crippen molar-refractivity contribution in [2.45, 2.75) is 12.5 Å². The highest BCUT2D eigenvalue weighted by molar-refractivity contribution is 7.90. The molecule has 0 aromatic heterocycles. The Morgan fingerprint density at radius 3 is 2.46 bits per heavy atom. The number of hydrogen-bond acceptors (Lipinski definition) is 4. The molecule has 0 aromatic carbocycles. The minimum Gasteiger partial charge on any atom is -0.339 e. The van der Waals surface area contributed by atoms with Gasteiger partial charge in [-0.3, -0.25) is 4.79 Å². The average molecular weight is 206 g/mol. The maximum Gasteiger partial charge on any atom is 0.223 e. The summed E-state index contributed by atoms with van der Waals surface area (Å²) in [6.07, 6.45) is 1.20. The first-order valence-electron chi connectivity index (χ1n) is 4.09. The summed E-state index contributed by atoms with van der Waals surface area (Å²) < 4.78 is 21.5. The topological polar surface area (TPSA) is 80.5 Å². The molecule has 1 saturated heterocycles. The number of rotatable bonds is 3. The molecule has 5 nitrogen and oxygen atoms in total. The fourth-order valence-corrected chi connectivity index (χ4v) is 1.69. The lowest BCUT2D eigenvalue weighted by Gasteiger charge is -2.36. The fourth-order valence-electron chi connectivity index (χ4n) is 1.15. The minimum atomic E-state index is -3.03. The van der Waals surface area contributed by atoms with Crippen molar-refractivity contribution in [2.75, 3.05) is 25.1 Å². The van der Waals surface area contributed by atoms with Crippen molar-refractivity contribution >= 4 is 15.7 Å². The van der Waals surface area contributed by atoms with Crippen LogP contribution in [0.1, 0.15) is 6.42 Å². The molecule has 1 fully saturated rings. The van der Waals surface area contributed by atoms with Crippen LogP contribution in [0, 0.1) is 0 Å². The molecule has 1 amide bonds. The molecule has 0 atom stereocenters. The summed E-state index contributed by atoms with van der Waals surface area (Å²) in [5, 5.41) is 0. The first-order chi connectivity index (χ1) is 5.88. The molecule has 6 heteroatoms. The second-order valence-electron chi connectivity index (χ2n) is 3.44. The van der Waals surface area contributed by atoms with Crippen LogP contribution in [0.25, 0.3) is 0 Å². The van der Waals surface area contributed by atoms with Crippen LogP contribution in [0.5, 0.6) is 0 Å². The van der Waals surface area contributed by atoms with Gasteiger partial charge in [0.2, 0.25) is 5.91 Å². The normalized spacial score (nSPS) is 18.5. The average Bonchev–Trinajstić information content (AvgIpc) is 1.93. The van der Waals surface area contributed by atoms with E-state index in [1.54, 1.807) is 4.90 Å². The van der Waals surface area contributed by atoms with Crippen LogP contribution in [0.3, 0.4) is 0 Å². The van der Waals surface area contributed by atoms with Crippen molar-refractivity contribution in [1.82, 2.24) is 4.90 Å². The highest BCUT2D eigenvalue weighted by Gasteiger charge is 2.27. The summed E-state index contributed by atoms with van der Waals surface area (Å²) in [6.45, 7) is 1.12. The summed E-state index contributed by atoms with van der Waals surface area (Å²) in [5.74, 6) is -0.190. The SMILES string of the molecule is CS(=O)(=O)CCC(=O)N1CC(N)C1. The van der Waals surface area contributed by atoms with E-state index in [2.05, 4.69) is 0 Å². The first-order valence-corrected chi connectivity index (χ1v) is 6.15. The number of likely N-dealkylation sites (tertiary alicyclic amines) is 1. The maximum atomic E-state index is 11.2. The van der Waals surface area contributed by atoms with E-state index in [-0.39, 0.29) is 24.1 Å². The van der Waals surface area contributed by atoms with E-state index in [1.807, 2.05) is 0 Å². The second-order valence-corrected chi connectivity index (χ2v) is 5.70. The smallest absolute Gasteiger partial charge is 0.223 e. The molecule has 76 valence electrons. The lowest BCUT2D eigenvalue weighted by Crippen LogP contribution is -2.58. The number of amides is 1. The summed E-state index contributed by atoms with van der Waals surface area (Å²) in [6, 6.07) is 0.0715. The van der Waals surface area contributed by atoms with Gasteiger partial charge in [0.15, 0.2) is 0 Å². The van der Waals surface area contributed by atoms with E-state index in [9.17, 15) is 13.2 Å². The lowest BCUT2D eigenvalue weighted by atomic mass is 10.1. The molecule has 0 radical (unpaired) electrons. The summed E-state index contributed by atoms with van der Waals surface area (Å²) in [4.78, 5) is 12.8. The van der Waals surface area contributed by atoms with E-state index in [0.29, 0.717) is 13.1 Å². The van der Waals surface area contributed by atoms with E-state index >= 15 is 0 Å². The quantitative estimate of drug-likeness (QED) is 0.615. The molecule has 0 aliphatic carbocycles. The van der Waals surface area contributed by atoms with Gasteiger partial charge >= 0.3 is 0 Å². The van der Waals surface area contributed by atoms with Crippen LogP contribution in [-0.2, 0) is 14.6 Å². The predicted molar refractivity (Wildman–Crippen MR) is 48.9 cm³/mol. The third-order valence-electron chi connectivity index (χ3n) is 1.95. The zero-order valence-electron chi connectivity index (χ0n) is 7.56. The van der Waals surface area contributed by atoms with Crippen LogP contribution >= 0.6 is 0 Å². The Labute approximate surface area is 77.8 Å². The molecule has 1 heterocycles. The van der Waals surface area contributed by atoms with Gasteiger partial charge in [-0.2, -0.15) is 0 Å². The monoisotopic (exact) mass is 206 g/mol. The molecule has 1 aliphatic heterocycles. The Bertz CT molecular complexity index is 293. The highest BCUT2D eigenvalue weighted by Crippen LogP contribution is 2.07. The Kier molecular flexibility index (Phi) is 2.92.